The molecule has 2 nitrogen and oxygen atoms in total. The first-order valence-electron chi connectivity index (χ1n) is 9.21. The average Bonchev–Trinajstić information content (AvgIpc) is 2.46. The molecule has 2 atom stereocenters. The molecule has 2 fully saturated rings. The van der Waals surface area contributed by atoms with E-state index in [-0.39, 0.29) is 10.8 Å². The lowest BCUT2D eigenvalue weighted by Crippen LogP contribution is -2.61. The Morgan fingerprint density at radius 2 is 1.67 bits per heavy atom. The van der Waals surface area contributed by atoms with Crippen LogP contribution in [0.15, 0.2) is 0 Å². The van der Waals surface area contributed by atoms with Crippen molar-refractivity contribution in [1.82, 2.24) is 0 Å². The van der Waals surface area contributed by atoms with Crippen LogP contribution in [0.4, 0.5) is 0 Å². The second kappa shape index (κ2) is 6.20. The molecule has 0 bridgehead atoms. The molecular formula is C19H37NO. The molecular weight excluding hydrogens is 258 g/mol. The summed E-state index contributed by atoms with van der Waals surface area (Å²) in [5, 5.41) is 11.8. The van der Waals surface area contributed by atoms with E-state index in [4.69, 9.17) is 5.73 Å². The minimum Gasteiger partial charge on any atom is -0.389 e. The third-order valence-corrected chi connectivity index (χ3v) is 6.87. The summed E-state index contributed by atoms with van der Waals surface area (Å²) >= 11 is 0. The van der Waals surface area contributed by atoms with Gasteiger partial charge in [-0.1, -0.05) is 47.0 Å². The van der Waals surface area contributed by atoms with Crippen molar-refractivity contribution in [2.45, 2.75) is 91.1 Å². The van der Waals surface area contributed by atoms with Crippen molar-refractivity contribution in [3.8, 4) is 0 Å². The van der Waals surface area contributed by atoms with Gasteiger partial charge in [-0.05, 0) is 55.8 Å². The normalized spacial score (nSPS) is 42.0. The van der Waals surface area contributed by atoms with Gasteiger partial charge in [-0.15, -0.1) is 0 Å². The lowest BCUT2D eigenvalue weighted by molar-refractivity contribution is -0.185. The molecule has 0 spiro atoms. The maximum Gasteiger partial charge on any atom is 0.0748 e. The van der Waals surface area contributed by atoms with E-state index in [0.717, 1.165) is 25.2 Å². The summed E-state index contributed by atoms with van der Waals surface area (Å²) < 4.78 is 0. The number of hydrogen-bond donors (Lipinski definition) is 2. The maximum absolute atomic E-state index is 11.8. The standard InChI is InChI=1S/C19H37NO/c1-5-15-9-12-18(14-20,13-10-15)19(21)11-7-6-8-16(19)17(2,3)4/h15-16,21H,5-14,20H2,1-4H3. The van der Waals surface area contributed by atoms with Gasteiger partial charge in [-0.2, -0.15) is 0 Å². The monoisotopic (exact) mass is 295 g/mol. The molecule has 2 unspecified atom stereocenters. The van der Waals surface area contributed by atoms with E-state index in [1.54, 1.807) is 0 Å². The summed E-state index contributed by atoms with van der Waals surface area (Å²) in [4.78, 5) is 0. The molecule has 0 aromatic heterocycles. The molecule has 0 saturated heterocycles. The van der Waals surface area contributed by atoms with Gasteiger partial charge in [0.05, 0.1) is 5.60 Å². The summed E-state index contributed by atoms with van der Waals surface area (Å²) in [5.74, 6) is 1.24. The third-order valence-electron chi connectivity index (χ3n) is 6.87. The van der Waals surface area contributed by atoms with E-state index in [1.807, 2.05) is 0 Å². The average molecular weight is 296 g/mol. The van der Waals surface area contributed by atoms with Crippen molar-refractivity contribution in [2.75, 3.05) is 6.54 Å². The van der Waals surface area contributed by atoms with Crippen molar-refractivity contribution >= 4 is 0 Å². The minimum atomic E-state index is -0.545. The number of hydrogen-bond acceptors (Lipinski definition) is 2. The first-order chi connectivity index (χ1) is 9.79. The number of nitrogens with two attached hydrogens (primary N) is 1. The van der Waals surface area contributed by atoms with Crippen LogP contribution in [0.5, 0.6) is 0 Å². The molecule has 21 heavy (non-hydrogen) atoms. The molecule has 2 saturated carbocycles. The van der Waals surface area contributed by atoms with Gasteiger partial charge in [-0.3, -0.25) is 0 Å². The zero-order valence-electron chi connectivity index (χ0n) is 14.8. The summed E-state index contributed by atoms with van der Waals surface area (Å²) in [6, 6.07) is 0. The summed E-state index contributed by atoms with van der Waals surface area (Å²) in [5.41, 5.74) is 5.88. The quantitative estimate of drug-likeness (QED) is 0.805. The van der Waals surface area contributed by atoms with E-state index in [1.165, 1.54) is 38.5 Å². The highest BCUT2D eigenvalue weighted by molar-refractivity contribution is 5.08. The highest BCUT2D eigenvalue weighted by atomic mass is 16.3. The van der Waals surface area contributed by atoms with Crippen molar-refractivity contribution in [3.05, 3.63) is 0 Å². The first kappa shape index (κ1) is 17.3. The summed E-state index contributed by atoms with van der Waals surface area (Å²) in [6.45, 7) is 9.86. The Balaban J connectivity index is 2.29. The second-order valence-electron chi connectivity index (χ2n) is 8.92. The zero-order valence-corrected chi connectivity index (χ0v) is 14.8. The second-order valence-corrected chi connectivity index (χ2v) is 8.92. The van der Waals surface area contributed by atoms with Gasteiger partial charge in [-0.25, -0.2) is 0 Å². The van der Waals surface area contributed by atoms with Crippen LogP contribution in [-0.2, 0) is 0 Å². The predicted molar refractivity (Wildman–Crippen MR) is 90.1 cm³/mol. The largest absolute Gasteiger partial charge is 0.389 e. The fraction of sp³-hybridized carbons (Fsp3) is 1.00. The van der Waals surface area contributed by atoms with Crippen LogP contribution in [0.25, 0.3) is 0 Å². The van der Waals surface area contributed by atoms with Crippen molar-refractivity contribution in [3.63, 3.8) is 0 Å². The molecule has 0 aromatic carbocycles. The van der Waals surface area contributed by atoms with E-state index >= 15 is 0 Å². The summed E-state index contributed by atoms with van der Waals surface area (Å²) in [7, 11) is 0. The molecule has 0 aliphatic heterocycles. The molecule has 2 aliphatic rings. The van der Waals surface area contributed by atoms with Gasteiger partial charge in [0, 0.05) is 12.0 Å². The SMILES string of the molecule is CCC1CCC(CN)(C2(O)CCCCC2C(C)(C)C)CC1. The van der Waals surface area contributed by atoms with Crippen LogP contribution in [0.1, 0.15) is 85.5 Å². The molecule has 2 rings (SSSR count). The highest BCUT2D eigenvalue weighted by Gasteiger charge is 2.57. The van der Waals surface area contributed by atoms with Crippen LogP contribution >= 0.6 is 0 Å². The zero-order chi connectivity index (χ0) is 15.7. The van der Waals surface area contributed by atoms with Gasteiger partial charge in [0.2, 0.25) is 0 Å². The summed E-state index contributed by atoms with van der Waals surface area (Å²) in [6.07, 6.45) is 10.6. The Morgan fingerprint density at radius 1 is 1.05 bits per heavy atom. The first-order valence-corrected chi connectivity index (χ1v) is 9.21. The third kappa shape index (κ3) is 3.03. The van der Waals surface area contributed by atoms with Gasteiger partial charge in [0.1, 0.15) is 0 Å². The molecule has 2 aliphatic carbocycles. The molecule has 3 N–H and O–H groups in total. The van der Waals surface area contributed by atoms with E-state index in [9.17, 15) is 5.11 Å². The van der Waals surface area contributed by atoms with Crippen LogP contribution in [0.3, 0.4) is 0 Å². The Morgan fingerprint density at radius 3 is 2.14 bits per heavy atom. The van der Waals surface area contributed by atoms with E-state index in [0.29, 0.717) is 12.5 Å². The molecule has 0 amide bonds. The Bertz CT molecular complexity index is 338. The molecule has 2 heteroatoms. The Hall–Kier alpha value is -0.0800. The smallest absolute Gasteiger partial charge is 0.0748 e. The van der Waals surface area contributed by atoms with Crippen LogP contribution < -0.4 is 5.73 Å². The Labute approximate surface area is 131 Å². The maximum atomic E-state index is 11.8. The van der Waals surface area contributed by atoms with Crippen molar-refractivity contribution in [1.29, 1.82) is 0 Å². The minimum absolute atomic E-state index is 0.0307. The van der Waals surface area contributed by atoms with Crippen LogP contribution in [0, 0.1) is 22.7 Å². The predicted octanol–water partition coefficient (Wildman–Crippen LogP) is 4.50. The van der Waals surface area contributed by atoms with Gasteiger partial charge in [0.15, 0.2) is 0 Å². The lowest BCUT2D eigenvalue weighted by atomic mass is 9.50. The van der Waals surface area contributed by atoms with Crippen LogP contribution in [-0.4, -0.2) is 17.3 Å². The fourth-order valence-corrected chi connectivity index (χ4v) is 5.39. The number of rotatable bonds is 3. The lowest BCUT2D eigenvalue weighted by Gasteiger charge is -2.58. The highest BCUT2D eigenvalue weighted by Crippen LogP contribution is 2.57. The van der Waals surface area contributed by atoms with Gasteiger partial charge < -0.3 is 10.8 Å². The topological polar surface area (TPSA) is 46.2 Å². The van der Waals surface area contributed by atoms with E-state index in [2.05, 4.69) is 27.7 Å². The van der Waals surface area contributed by atoms with Gasteiger partial charge in [0.25, 0.3) is 0 Å². The number of aliphatic hydroxyl groups is 1. The van der Waals surface area contributed by atoms with E-state index < -0.39 is 5.60 Å². The van der Waals surface area contributed by atoms with Crippen LogP contribution in [0.2, 0.25) is 0 Å². The van der Waals surface area contributed by atoms with Crippen molar-refractivity contribution in [2.24, 2.45) is 28.4 Å². The van der Waals surface area contributed by atoms with Crippen molar-refractivity contribution < 1.29 is 5.11 Å². The molecule has 0 heterocycles. The fourth-order valence-electron chi connectivity index (χ4n) is 5.39. The molecule has 0 radical (unpaired) electrons. The van der Waals surface area contributed by atoms with Gasteiger partial charge >= 0.3 is 0 Å². The Kier molecular flexibility index (Phi) is 5.10. The molecule has 0 aromatic rings. The molecule has 124 valence electrons.